The van der Waals surface area contributed by atoms with Gasteiger partial charge in [0.25, 0.3) is 0 Å². The number of hydrogen-bond acceptors (Lipinski definition) is 5. The van der Waals surface area contributed by atoms with Crippen LogP contribution in [0, 0.1) is 0 Å². The summed E-state index contributed by atoms with van der Waals surface area (Å²) in [5.74, 6) is -0.210. The van der Waals surface area contributed by atoms with Gasteiger partial charge in [-0.05, 0) is 12.8 Å². The van der Waals surface area contributed by atoms with Gasteiger partial charge in [0.05, 0.1) is 5.75 Å². The number of anilines is 1. The highest BCUT2D eigenvalue weighted by atomic mass is 32.2. The van der Waals surface area contributed by atoms with E-state index in [0.717, 1.165) is 16.9 Å². The molecule has 7 heteroatoms. The molecule has 2 rings (SSSR count). The third-order valence-electron chi connectivity index (χ3n) is 2.67. The molecular formula is C10H15F2N3S2. The zero-order chi connectivity index (χ0) is 12.1. The fourth-order valence-corrected chi connectivity index (χ4v) is 3.48. The highest BCUT2D eigenvalue weighted by Crippen LogP contribution is 2.28. The van der Waals surface area contributed by atoms with Crippen molar-refractivity contribution in [3.05, 3.63) is 0 Å². The molecule has 96 valence electrons. The van der Waals surface area contributed by atoms with Crippen molar-refractivity contribution in [1.82, 2.24) is 10.2 Å². The van der Waals surface area contributed by atoms with Gasteiger partial charge in [-0.1, -0.05) is 42.4 Å². The first-order valence-electron chi connectivity index (χ1n) is 5.75. The Morgan fingerprint density at radius 1 is 1.29 bits per heavy atom. The highest BCUT2D eigenvalue weighted by molar-refractivity contribution is 8.01. The number of alkyl halides is 2. The maximum Gasteiger partial charge on any atom is 0.248 e. The molecule has 1 N–H and O–H groups in total. The molecule has 0 unspecified atom stereocenters. The molecule has 0 radical (unpaired) electrons. The molecule has 3 nitrogen and oxygen atoms in total. The van der Waals surface area contributed by atoms with Crippen molar-refractivity contribution in [2.75, 3.05) is 11.1 Å². The minimum absolute atomic E-state index is 0.210. The Labute approximate surface area is 107 Å². The van der Waals surface area contributed by atoms with Gasteiger partial charge in [0.2, 0.25) is 11.6 Å². The fraction of sp³-hybridized carbons (Fsp3) is 0.800. The van der Waals surface area contributed by atoms with Crippen LogP contribution in [0.1, 0.15) is 32.1 Å². The van der Waals surface area contributed by atoms with Gasteiger partial charge in [-0.15, -0.1) is 10.2 Å². The van der Waals surface area contributed by atoms with Gasteiger partial charge in [0, 0.05) is 6.04 Å². The van der Waals surface area contributed by atoms with Crippen molar-refractivity contribution in [3.63, 3.8) is 0 Å². The molecule has 1 saturated carbocycles. The average Bonchev–Trinajstić information content (AvgIpc) is 2.75. The van der Waals surface area contributed by atoms with Crippen LogP contribution in [0.15, 0.2) is 4.34 Å². The van der Waals surface area contributed by atoms with Gasteiger partial charge in [-0.25, -0.2) is 8.78 Å². The molecule has 1 aliphatic rings. The largest absolute Gasteiger partial charge is 0.357 e. The van der Waals surface area contributed by atoms with Crippen LogP contribution in [0.2, 0.25) is 0 Å². The third kappa shape index (κ3) is 4.39. The first-order valence-corrected chi connectivity index (χ1v) is 7.55. The first kappa shape index (κ1) is 13.0. The maximum absolute atomic E-state index is 12.0. The summed E-state index contributed by atoms with van der Waals surface area (Å²) in [6, 6.07) is 0.477. The zero-order valence-electron chi connectivity index (χ0n) is 9.36. The van der Waals surface area contributed by atoms with E-state index in [1.807, 2.05) is 0 Å². The highest BCUT2D eigenvalue weighted by Gasteiger charge is 2.15. The number of hydrogen-bond donors (Lipinski definition) is 1. The summed E-state index contributed by atoms with van der Waals surface area (Å²) in [4.78, 5) is 0. The van der Waals surface area contributed by atoms with Gasteiger partial charge >= 0.3 is 0 Å². The molecule has 1 aromatic rings. The Morgan fingerprint density at radius 2 is 2.06 bits per heavy atom. The molecule has 0 atom stereocenters. The van der Waals surface area contributed by atoms with Crippen LogP contribution < -0.4 is 5.32 Å². The zero-order valence-corrected chi connectivity index (χ0v) is 11.0. The minimum Gasteiger partial charge on any atom is -0.357 e. The van der Waals surface area contributed by atoms with E-state index in [2.05, 4.69) is 15.5 Å². The van der Waals surface area contributed by atoms with Gasteiger partial charge in [0.15, 0.2) is 4.34 Å². The van der Waals surface area contributed by atoms with E-state index < -0.39 is 6.43 Å². The molecule has 17 heavy (non-hydrogen) atoms. The Bertz CT molecular complexity index is 340. The van der Waals surface area contributed by atoms with Gasteiger partial charge in [0.1, 0.15) is 0 Å². The van der Waals surface area contributed by atoms with E-state index >= 15 is 0 Å². The summed E-state index contributed by atoms with van der Waals surface area (Å²) < 4.78 is 24.7. The van der Waals surface area contributed by atoms with Crippen LogP contribution in [-0.2, 0) is 0 Å². The lowest BCUT2D eigenvalue weighted by molar-refractivity contribution is 0.177. The SMILES string of the molecule is FC(F)CSc1nnc(NC2CCCCC2)s1. The average molecular weight is 279 g/mol. The Hall–Kier alpha value is -0.430. The van der Waals surface area contributed by atoms with E-state index in [-0.39, 0.29) is 5.75 Å². The molecule has 0 aromatic carbocycles. The predicted molar refractivity (Wildman–Crippen MR) is 67.1 cm³/mol. The predicted octanol–water partition coefficient (Wildman–Crippen LogP) is 3.64. The number of aromatic nitrogens is 2. The lowest BCUT2D eigenvalue weighted by Crippen LogP contribution is -2.21. The van der Waals surface area contributed by atoms with Gasteiger partial charge < -0.3 is 5.32 Å². The van der Waals surface area contributed by atoms with Crippen LogP contribution in [0.5, 0.6) is 0 Å². The van der Waals surface area contributed by atoms with Crippen molar-refractivity contribution >= 4 is 28.2 Å². The number of thioether (sulfide) groups is 1. The topological polar surface area (TPSA) is 37.8 Å². The second-order valence-electron chi connectivity index (χ2n) is 4.05. The van der Waals surface area contributed by atoms with Crippen LogP contribution in [0.4, 0.5) is 13.9 Å². The number of nitrogens with zero attached hydrogens (tertiary/aromatic N) is 2. The van der Waals surface area contributed by atoms with Crippen LogP contribution in [0.3, 0.4) is 0 Å². The lowest BCUT2D eigenvalue weighted by Gasteiger charge is -2.21. The molecule has 1 aliphatic carbocycles. The molecule has 0 spiro atoms. The molecule has 1 heterocycles. The number of rotatable bonds is 5. The molecule has 0 saturated heterocycles. The van der Waals surface area contributed by atoms with E-state index in [9.17, 15) is 8.78 Å². The Kier molecular flexibility index (Phi) is 4.97. The van der Waals surface area contributed by atoms with Crippen molar-refractivity contribution in [3.8, 4) is 0 Å². The summed E-state index contributed by atoms with van der Waals surface area (Å²) in [5.41, 5.74) is 0. The van der Waals surface area contributed by atoms with E-state index in [0.29, 0.717) is 10.4 Å². The van der Waals surface area contributed by atoms with Gasteiger partial charge in [-0.2, -0.15) is 0 Å². The van der Waals surface area contributed by atoms with Crippen molar-refractivity contribution in [2.45, 2.75) is 48.9 Å². The summed E-state index contributed by atoms with van der Waals surface area (Å²) in [7, 11) is 0. The lowest BCUT2D eigenvalue weighted by atomic mass is 9.96. The third-order valence-corrected chi connectivity index (χ3v) is 4.67. The van der Waals surface area contributed by atoms with E-state index in [1.54, 1.807) is 0 Å². The van der Waals surface area contributed by atoms with Crippen molar-refractivity contribution < 1.29 is 8.78 Å². The van der Waals surface area contributed by atoms with Crippen LogP contribution in [0.25, 0.3) is 0 Å². The van der Waals surface area contributed by atoms with Gasteiger partial charge in [-0.3, -0.25) is 0 Å². The number of halogens is 2. The van der Waals surface area contributed by atoms with Crippen molar-refractivity contribution in [2.24, 2.45) is 0 Å². The smallest absolute Gasteiger partial charge is 0.248 e. The fourth-order valence-electron chi connectivity index (χ4n) is 1.88. The first-order chi connectivity index (χ1) is 8.24. The van der Waals surface area contributed by atoms with Crippen LogP contribution in [-0.4, -0.2) is 28.4 Å². The summed E-state index contributed by atoms with van der Waals surface area (Å²) >= 11 is 2.43. The molecule has 0 aliphatic heterocycles. The van der Waals surface area contributed by atoms with E-state index in [4.69, 9.17) is 0 Å². The molecule has 1 aromatic heterocycles. The van der Waals surface area contributed by atoms with Crippen LogP contribution >= 0.6 is 23.1 Å². The number of nitrogens with one attached hydrogen (secondary N) is 1. The Morgan fingerprint density at radius 3 is 2.76 bits per heavy atom. The summed E-state index contributed by atoms with van der Waals surface area (Å²) in [5, 5.41) is 12.0. The monoisotopic (exact) mass is 279 g/mol. The quantitative estimate of drug-likeness (QED) is 0.835. The minimum atomic E-state index is -2.29. The summed E-state index contributed by atoms with van der Waals surface area (Å²) in [6.07, 6.45) is 3.85. The van der Waals surface area contributed by atoms with Crippen molar-refractivity contribution in [1.29, 1.82) is 0 Å². The van der Waals surface area contributed by atoms with E-state index in [1.165, 1.54) is 43.4 Å². The second kappa shape index (κ2) is 6.49. The standard InChI is InChI=1S/C10H15F2N3S2/c11-8(12)6-16-10-15-14-9(17-10)13-7-4-2-1-3-5-7/h7-8H,1-6H2,(H,13,14). The maximum atomic E-state index is 12.0. The second-order valence-corrected chi connectivity index (χ2v) is 6.30. The molecule has 0 bridgehead atoms. The molecular weight excluding hydrogens is 264 g/mol. The normalized spacial score (nSPS) is 17.6. The Balaban J connectivity index is 1.80. The summed E-state index contributed by atoms with van der Waals surface area (Å²) in [6.45, 7) is 0. The molecule has 1 fully saturated rings. The molecule has 0 amide bonds.